The highest BCUT2D eigenvalue weighted by molar-refractivity contribution is 9.11. The molecule has 1 heterocycles. The Kier molecular flexibility index (Phi) is 8.20. The third-order valence-electron chi connectivity index (χ3n) is 5.41. The van der Waals surface area contributed by atoms with Crippen molar-refractivity contribution in [1.29, 1.82) is 0 Å². The number of amides is 3. The number of hydrogen-bond acceptors (Lipinski definition) is 5. The second-order valence-corrected chi connectivity index (χ2v) is 9.93. The molecule has 3 aromatic carbocycles. The van der Waals surface area contributed by atoms with Gasteiger partial charge in [-0.3, -0.25) is 14.4 Å². The first-order valence-electron chi connectivity index (χ1n) is 11.2. The van der Waals surface area contributed by atoms with E-state index in [0.29, 0.717) is 32.3 Å². The van der Waals surface area contributed by atoms with Crippen molar-refractivity contribution in [2.24, 2.45) is 0 Å². The number of benzene rings is 3. The van der Waals surface area contributed by atoms with E-state index < -0.39 is 11.5 Å². The SMILES string of the molecule is Cc1ccc(C(=O)Nc2ccc(C(=O)NCCNC(=O)c3cc4cc(Br)cc(Br)c4oc3=O)cc2)cc1. The van der Waals surface area contributed by atoms with Crippen molar-refractivity contribution in [1.82, 2.24) is 10.6 Å². The summed E-state index contributed by atoms with van der Waals surface area (Å²) in [6.07, 6.45) is 0. The lowest BCUT2D eigenvalue weighted by Gasteiger charge is -2.09. The molecule has 0 aliphatic heterocycles. The molecule has 0 atom stereocenters. The Labute approximate surface area is 228 Å². The van der Waals surface area contributed by atoms with E-state index in [1.165, 1.54) is 6.07 Å². The number of anilines is 1. The topological polar surface area (TPSA) is 118 Å². The van der Waals surface area contributed by atoms with Crippen LogP contribution < -0.4 is 21.6 Å². The van der Waals surface area contributed by atoms with Gasteiger partial charge in [0.2, 0.25) is 0 Å². The van der Waals surface area contributed by atoms with Gasteiger partial charge in [-0.15, -0.1) is 0 Å². The highest BCUT2D eigenvalue weighted by Gasteiger charge is 2.15. The molecule has 37 heavy (non-hydrogen) atoms. The Morgan fingerprint density at radius 3 is 2.05 bits per heavy atom. The van der Waals surface area contributed by atoms with Gasteiger partial charge in [0, 0.05) is 39.8 Å². The van der Waals surface area contributed by atoms with Crippen LogP contribution in [-0.4, -0.2) is 30.8 Å². The maximum absolute atomic E-state index is 12.5. The van der Waals surface area contributed by atoms with Crippen molar-refractivity contribution in [2.75, 3.05) is 18.4 Å². The Morgan fingerprint density at radius 1 is 0.784 bits per heavy atom. The standard InChI is InChI=1S/C27H21Br2N3O5/c1-15-2-4-17(5-3-15)25(34)32-20-8-6-16(7-9-20)24(33)30-10-11-31-26(35)21-13-18-12-19(28)14-22(29)23(18)37-27(21)36/h2-9,12-14H,10-11H2,1H3,(H,30,33)(H,31,35)(H,32,34). The van der Waals surface area contributed by atoms with Crippen molar-refractivity contribution < 1.29 is 18.8 Å². The van der Waals surface area contributed by atoms with E-state index in [1.54, 1.807) is 48.5 Å². The van der Waals surface area contributed by atoms with Crippen LogP contribution in [0.5, 0.6) is 0 Å². The van der Waals surface area contributed by atoms with E-state index in [0.717, 1.165) is 10.0 Å². The van der Waals surface area contributed by atoms with E-state index in [9.17, 15) is 19.2 Å². The third kappa shape index (κ3) is 6.52. The Hall–Kier alpha value is -3.76. The highest BCUT2D eigenvalue weighted by Crippen LogP contribution is 2.28. The summed E-state index contributed by atoms with van der Waals surface area (Å²) in [4.78, 5) is 49.5. The zero-order valence-corrected chi connectivity index (χ0v) is 22.7. The maximum atomic E-state index is 12.5. The summed E-state index contributed by atoms with van der Waals surface area (Å²) in [5.74, 6) is -1.19. The molecule has 10 heteroatoms. The van der Waals surface area contributed by atoms with Gasteiger partial charge in [-0.2, -0.15) is 0 Å². The van der Waals surface area contributed by atoms with E-state index in [1.807, 2.05) is 19.1 Å². The first-order chi connectivity index (χ1) is 17.7. The van der Waals surface area contributed by atoms with Gasteiger partial charge in [-0.05, 0) is 77.5 Å². The third-order valence-corrected chi connectivity index (χ3v) is 6.46. The number of halogens is 2. The van der Waals surface area contributed by atoms with Crippen LogP contribution in [0.1, 0.15) is 36.6 Å². The lowest BCUT2D eigenvalue weighted by molar-refractivity contribution is 0.0925. The monoisotopic (exact) mass is 625 g/mol. The summed E-state index contributed by atoms with van der Waals surface area (Å²) < 4.78 is 6.63. The van der Waals surface area contributed by atoms with Crippen molar-refractivity contribution in [3.05, 3.63) is 108 Å². The minimum atomic E-state index is -0.758. The first-order valence-corrected chi connectivity index (χ1v) is 12.8. The van der Waals surface area contributed by atoms with Gasteiger partial charge in [-0.25, -0.2) is 4.79 Å². The Balaban J connectivity index is 1.28. The number of carbonyl (C=O) groups excluding carboxylic acids is 3. The fourth-order valence-electron chi connectivity index (χ4n) is 3.48. The molecule has 0 spiro atoms. The molecule has 0 saturated heterocycles. The normalized spacial score (nSPS) is 10.7. The van der Waals surface area contributed by atoms with Crippen LogP contribution in [0.4, 0.5) is 5.69 Å². The second kappa shape index (κ2) is 11.5. The molecular formula is C27H21Br2N3O5. The minimum Gasteiger partial charge on any atom is -0.421 e. The second-order valence-electron chi connectivity index (χ2n) is 8.16. The average molecular weight is 627 g/mol. The molecule has 188 valence electrons. The number of carbonyl (C=O) groups is 3. The minimum absolute atomic E-state index is 0.106. The van der Waals surface area contributed by atoms with Crippen molar-refractivity contribution in [3.63, 3.8) is 0 Å². The fraction of sp³-hybridized carbons (Fsp3) is 0.111. The van der Waals surface area contributed by atoms with Crippen LogP contribution in [0.25, 0.3) is 11.0 Å². The van der Waals surface area contributed by atoms with Crippen LogP contribution in [-0.2, 0) is 0 Å². The van der Waals surface area contributed by atoms with Gasteiger partial charge in [0.05, 0.1) is 4.47 Å². The molecular weight excluding hydrogens is 606 g/mol. The predicted molar refractivity (Wildman–Crippen MR) is 148 cm³/mol. The molecule has 0 aliphatic carbocycles. The van der Waals surface area contributed by atoms with E-state index in [-0.39, 0.29) is 30.5 Å². The Morgan fingerprint density at radius 2 is 1.38 bits per heavy atom. The van der Waals surface area contributed by atoms with Crippen molar-refractivity contribution >= 4 is 66.2 Å². The fourth-order valence-corrected chi connectivity index (χ4v) is 4.82. The van der Waals surface area contributed by atoms with E-state index in [2.05, 4.69) is 47.8 Å². The molecule has 0 fully saturated rings. The van der Waals surface area contributed by atoms with Crippen molar-refractivity contribution in [3.8, 4) is 0 Å². The number of rotatable bonds is 7. The van der Waals surface area contributed by atoms with Crippen LogP contribution in [0, 0.1) is 6.92 Å². The summed E-state index contributed by atoms with van der Waals surface area (Å²) in [7, 11) is 0. The quantitative estimate of drug-likeness (QED) is 0.196. The Bertz CT molecular complexity index is 1550. The molecule has 0 unspecified atom stereocenters. The van der Waals surface area contributed by atoms with Crippen LogP contribution >= 0.6 is 31.9 Å². The van der Waals surface area contributed by atoms with E-state index >= 15 is 0 Å². The van der Waals surface area contributed by atoms with Gasteiger partial charge in [-0.1, -0.05) is 33.6 Å². The predicted octanol–water partition coefficient (Wildman–Crippen LogP) is 5.04. The molecule has 4 aromatic rings. The van der Waals surface area contributed by atoms with Crippen LogP contribution in [0.2, 0.25) is 0 Å². The summed E-state index contributed by atoms with van der Waals surface area (Å²) in [5.41, 5.74) is 2.01. The van der Waals surface area contributed by atoms with Crippen LogP contribution in [0.15, 0.2) is 84.9 Å². The number of hydrogen-bond donors (Lipinski definition) is 3. The molecule has 0 saturated carbocycles. The van der Waals surface area contributed by atoms with Gasteiger partial charge in [0.15, 0.2) is 5.58 Å². The summed E-state index contributed by atoms with van der Waals surface area (Å²) >= 11 is 6.70. The summed E-state index contributed by atoms with van der Waals surface area (Å²) in [6.45, 7) is 2.20. The van der Waals surface area contributed by atoms with E-state index in [4.69, 9.17) is 4.42 Å². The number of fused-ring (bicyclic) bond motifs is 1. The smallest absolute Gasteiger partial charge is 0.349 e. The lowest BCUT2D eigenvalue weighted by Crippen LogP contribution is -2.36. The molecule has 0 radical (unpaired) electrons. The largest absolute Gasteiger partial charge is 0.421 e. The molecule has 4 rings (SSSR count). The number of nitrogens with one attached hydrogen (secondary N) is 3. The molecule has 0 aliphatic rings. The van der Waals surface area contributed by atoms with Gasteiger partial charge < -0.3 is 20.4 Å². The lowest BCUT2D eigenvalue weighted by atomic mass is 10.1. The zero-order valence-electron chi connectivity index (χ0n) is 19.6. The van der Waals surface area contributed by atoms with Crippen molar-refractivity contribution in [2.45, 2.75) is 6.92 Å². The van der Waals surface area contributed by atoms with Crippen LogP contribution in [0.3, 0.4) is 0 Å². The highest BCUT2D eigenvalue weighted by atomic mass is 79.9. The van der Waals surface area contributed by atoms with Gasteiger partial charge >= 0.3 is 5.63 Å². The maximum Gasteiger partial charge on any atom is 0.349 e. The zero-order chi connectivity index (χ0) is 26.5. The first kappa shape index (κ1) is 26.3. The van der Waals surface area contributed by atoms with Gasteiger partial charge in [0.25, 0.3) is 17.7 Å². The molecule has 8 nitrogen and oxygen atoms in total. The average Bonchev–Trinajstić information content (AvgIpc) is 2.87. The summed E-state index contributed by atoms with van der Waals surface area (Å²) in [6, 6.07) is 18.6. The molecule has 1 aromatic heterocycles. The number of aryl methyl sites for hydroxylation is 1. The summed E-state index contributed by atoms with van der Waals surface area (Å²) in [5, 5.41) is 8.68. The molecule has 0 bridgehead atoms. The molecule has 3 N–H and O–H groups in total. The van der Waals surface area contributed by atoms with Gasteiger partial charge in [0.1, 0.15) is 5.56 Å². The molecule has 3 amide bonds.